The van der Waals surface area contributed by atoms with Crippen LogP contribution in [-0.2, 0) is 6.42 Å². The molecule has 0 radical (unpaired) electrons. The van der Waals surface area contributed by atoms with Crippen LogP contribution in [0.1, 0.15) is 31.7 Å². The van der Waals surface area contributed by atoms with Gasteiger partial charge in [0.2, 0.25) is 0 Å². The lowest BCUT2D eigenvalue weighted by atomic mass is 9.89. The van der Waals surface area contributed by atoms with Gasteiger partial charge in [-0.3, -0.25) is 0 Å². The molecule has 1 aromatic carbocycles. The molecule has 94 valence electrons. The van der Waals surface area contributed by atoms with E-state index in [0.717, 1.165) is 23.4 Å². The van der Waals surface area contributed by atoms with Crippen molar-refractivity contribution in [3.8, 4) is 0 Å². The summed E-state index contributed by atoms with van der Waals surface area (Å²) < 4.78 is 0. The molecule has 2 atom stereocenters. The number of benzene rings is 1. The highest BCUT2D eigenvalue weighted by Gasteiger charge is 2.26. The summed E-state index contributed by atoms with van der Waals surface area (Å²) in [6.45, 7) is 4.45. The number of hydrogen-bond acceptors (Lipinski definition) is 1. The summed E-state index contributed by atoms with van der Waals surface area (Å²) in [6.07, 6.45) is 5.35. The summed E-state index contributed by atoms with van der Waals surface area (Å²) in [7, 11) is 0. The predicted molar refractivity (Wildman–Crippen MR) is 74.5 cm³/mol. The molecule has 0 saturated heterocycles. The van der Waals surface area contributed by atoms with E-state index in [1.807, 2.05) is 6.07 Å². The summed E-state index contributed by atoms with van der Waals surface area (Å²) >= 11 is 6.04. The summed E-state index contributed by atoms with van der Waals surface area (Å²) in [4.78, 5) is 0. The second-order valence-corrected chi connectivity index (χ2v) is 5.53. The van der Waals surface area contributed by atoms with Crippen LogP contribution < -0.4 is 5.32 Å². The molecule has 2 unspecified atom stereocenters. The molecular formula is C15H22ClN. The summed E-state index contributed by atoms with van der Waals surface area (Å²) in [5.41, 5.74) is 1.39. The lowest BCUT2D eigenvalue weighted by Gasteiger charge is -2.20. The molecule has 1 aliphatic carbocycles. The van der Waals surface area contributed by atoms with Crippen molar-refractivity contribution in [1.29, 1.82) is 0 Å². The molecule has 0 amide bonds. The van der Waals surface area contributed by atoms with Gasteiger partial charge in [-0.2, -0.15) is 0 Å². The molecule has 1 aromatic rings. The van der Waals surface area contributed by atoms with E-state index in [9.17, 15) is 0 Å². The van der Waals surface area contributed by atoms with Gasteiger partial charge in [-0.05, 0) is 61.9 Å². The monoisotopic (exact) mass is 251 g/mol. The third kappa shape index (κ3) is 3.72. The van der Waals surface area contributed by atoms with Crippen molar-refractivity contribution in [3.05, 3.63) is 34.9 Å². The van der Waals surface area contributed by atoms with E-state index in [1.165, 1.54) is 37.8 Å². The summed E-state index contributed by atoms with van der Waals surface area (Å²) in [5, 5.41) is 4.36. The second kappa shape index (κ2) is 6.42. The first-order valence-corrected chi connectivity index (χ1v) is 7.12. The number of nitrogens with one attached hydrogen (secondary N) is 1. The molecule has 1 aliphatic rings. The van der Waals surface area contributed by atoms with Crippen molar-refractivity contribution in [3.63, 3.8) is 0 Å². The van der Waals surface area contributed by atoms with Gasteiger partial charge in [-0.15, -0.1) is 0 Å². The smallest absolute Gasteiger partial charge is 0.0408 e. The molecule has 0 aromatic heterocycles. The zero-order valence-electron chi connectivity index (χ0n) is 10.6. The minimum absolute atomic E-state index is 0.840. The number of halogens is 1. The second-order valence-electron chi connectivity index (χ2n) is 5.09. The van der Waals surface area contributed by atoms with Crippen LogP contribution >= 0.6 is 11.6 Å². The Morgan fingerprint density at radius 3 is 2.88 bits per heavy atom. The number of hydrogen-bond donors (Lipinski definition) is 1. The first kappa shape index (κ1) is 12.9. The maximum absolute atomic E-state index is 6.04. The molecule has 1 saturated carbocycles. The highest BCUT2D eigenvalue weighted by Crippen LogP contribution is 2.34. The van der Waals surface area contributed by atoms with Crippen molar-refractivity contribution < 1.29 is 0 Å². The van der Waals surface area contributed by atoms with Gasteiger partial charge >= 0.3 is 0 Å². The van der Waals surface area contributed by atoms with Crippen LogP contribution in [0.4, 0.5) is 0 Å². The van der Waals surface area contributed by atoms with Gasteiger partial charge < -0.3 is 5.32 Å². The molecule has 2 rings (SSSR count). The Hall–Kier alpha value is -0.530. The molecule has 0 spiro atoms. The molecule has 0 aliphatic heterocycles. The van der Waals surface area contributed by atoms with Gasteiger partial charge in [0.25, 0.3) is 0 Å². The molecule has 0 heterocycles. The van der Waals surface area contributed by atoms with Crippen molar-refractivity contribution >= 4 is 11.6 Å². The quantitative estimate of drug-likeness (QED) is 0.837. The molecular weight excluding hydrogens is 230 g/mol. The van der Waals surface area contributed by atoms with Gasteiger partial charge in [0, 0.05) is 5.02 Å². The van der Waals surface area contributed by atoms with Crippen LogP contribution in [0.3, 0.4) is 0 Å². The van der Waals surface area contributed by atoms with Crippen molar-refractivity contribution in [2.75, 3.05) is 13.1 Å². The van der Waals surface area contributed by atoms with Crippen molar-refractivity contribution in [2.24, 2.45) is 11.8 Å². The lowest BCUT2D eigenvalue weighted by molar-refractivity contribution is 0.368. The minimum atomic E-state index is 0.840. The average molecular weight is 252 g/mol. The lowest BCUT2D eigenvalue weighted by Crippen LogP contribution is -2.25. The van der Waals surface area contributed by atoms with E-state index in [4.69, 9.17) is 11.6 Å². The third-order valence-electron chi connectivity index (χ3n) is 3.86. The molecule has 2 heteroatoms. The average Bonchev–Trinajstić information content (AvgIpc) is 2.74. The van der Waals surface area contributed by atoms with E-state index >= 15 is 0 Å². The maximum Gasteiger partial charge on any atom is 0.0408 e. The normalized spacial score (nSPS) is 24.1. The van der Waals surface area contributed by atoms with Gasteiger partial charge in [0.05, 0.1) is 0 Å². The Morgan fingerprint density at radius 2 is 2.12 bits per heavy atom. The van der Waals surface area contributed by atoms with Gasteiger partial charge in [0.15, 0.2) is 0 Å². The molecule has 1 N–H and O–H groups in total. The van der Waals surface area contributed by atoms with Crippen LogP contribution in [-0.4, -0.2) is 13.1 Å². The Labute approximate surface area is 110 Å². The van der Waals surface area contributed by atoms with E-state index in [0.29, 0.717) is 0 Å². The third-order valence-corrected chi connectivity index (χ3v) is 4.10. The van der Waals surface area contributed by atoms with Crippen LogP contribution in [0, 0.1) is 11.8 Å². The number of rotatable bonds is 5. The van der Waals surface area contributed by atoms with E-state index < -0.39 is 0 Å². The first-order valence-electron chi connectivity index (χ1n) is 6.74. The first-order chi connectivity index (χ1) is 8.29. The minimum Gasteiger partial charge on any atom is -0.317 e. The highest BCUT2D eigenvalue weighted by molar-refractivity contribution is 6.30. The summed E-state index contributed by atoms with van der Waals surface area (Å²) in [5.74, 6) is 1.70. The van der Waals surface area contributed by atoms with Crippen molar-refractivity contribution in [2.45, 2.75) is 32.6 Å². The fourth-order valence-corrected chi connectivity index (χ4v) is 3.16. The maximum atomic E-state index is 6.04. The van der Waals surface area contributed by atoms with Crippen LogP contribution in [0.15, 0.2) is 24.3 Å². The van der Waals surface area contributed by atoms with Crippen LogP contribution in [0.5, 0.6) is 0 Å². The summed E-state index contributed by atoms with van der Waals surface area (Å²) in [6, 6.07) is 8.33. The Balaban J connectivity index is 1.93. The Morgan fingerprint density at radius 1 is 1.29 bits per heavy atom. The Bertz CT molecular complexity index is 351. The SMILES string of the molecule is CCNCC1CCCC1Cc1cccc(Cl)c1. The fraction of sp³-hybridized carbons (Fsp3) is 0.600. The van der Waals surface area contributed by atoms with E-state index in [-0.39, 0.29) is 0 Å². The van der Waals surface area contributed by atoms with E-state index in [2.05, 4.69) is 30.4 Å². The predicted octanol–water partition coefficient (Wildman–Crippen LogP) is 3.91. The highest BCUT2D eigenvalue weighted by atomic mass is 35.5. The molecule has 1 fully saturated rings. The molecule has 0 bridgehead atoms. The zero-order chi connectivity index (χ0) is 12.1. The van der Waals surface area contributed by atoms with Crippen LogP contribution in [0.2, 0.25) is 5.02 Å². The standard InChI is InChI=1S/C15H22ClN/c1-2-17-11-14-7-4-6-13(14)9-12-5-3-8-15(16)10-12/h3,5,8,10,13-14,17H,2,4,6-7,9,11H2,1H3. The van der Waals surface area contributed by atoms with E-state index in [1.54, 1.807) is 0 Å². The van der Waals surface area contributed by atoms with Crippen LogP contribution in [0.25, 0.3) is 0 Å². The Kier molecular flexibility index (Phi) is 4.87. The fourth-order valence-electron chi connectivity index (χ4n) is 2.95. The van der Waals surface area contributed by atoms with Gasteiger partial charge in [-0.1, -0.05) is 37.1 Å². The molecule has 17 heavy (non-hydrogen) atoms. The topological polar surface area (TPSA) is 12.0 Å². The van der Waals surface area contributed by atoms with Gasteiger partial charge in [-0.25, -0.2) is 0 Å². The zero-order valence-corrected chi connectivity index (χ0v) is 11.3. The van der Waals surface area contributed by atoms with Gasteiger partial charge in [0.1, 0.15) is 0 Å². The molecule has 1 nitrogen and oxygen atoms in total. The van der Waals surface area contributed by atoms with Crippen molar-refractivity contribution in [1.82, 2.24) is 5.32 Å². The largest absolute Gasteiger partial charge is 0.317 e.